The van der Waals surface area contributed by atoms with Gasteiger partial charge in [0.15, 0.2) is 0 Å². The van der Waals surface area contributed by atoms with Gasteiger partial charge in [-0.3, -0.25) is 4.79 Å². The number of carbonyl (C=O) groups excluding carboxylic acids is 1. The van der Waals surface area contributed by atoms with Gasteiger partial charge in [0.05, 0.1) is 6.10 Å². The molecular formula is C10H13ClN2O4S. The number of nitrogens with one attached hydrogen (secondary N) is 1. The summed E-state index contributed by atoms with van der Waals surface area (Å²) in [5, 5.41) is 0. The van der Waals surface area contributed by atoms with Crippen molar-refractivity contribution >= 4 is 25.6 Å². The first-order chi connectivity index (χ1) is 8.41. The van der Waals surface area contributed by atoms with Gasteiger partial charge >= 0.3 is 0 Å². The third-order valence-electron chi connectivity index (χ3n) is 2.93. The standard InChI is InChI=1S/C10H13ClN2O4S/c1-17-7-2-3-13(6-7)10(14)9-4-8(5-12-9)18(11,15)16/h4-5,7,12H,2-3,6H2,1H3. The lowest BCUT2D eigenvalue weighted by atomic mass is 10.3. The van der Waals surface area contributed by atoms with Gasteiger partial charge in [0.25, 0.3) is 15.0 Å². The maximum atomic E-state index is 12.0. The number of hydrogen-bond acceptors (Lipinski definition) is 4. The Morgan fingerprint density at radius 1 is 1.61 bits per heavy atom. The number of aromatic nitrogens is 1. The Hall–Kier alpha value is -1.05. The molecule has 1 saturated heterocycles. The van der Waals surface area contributed by atoms with E-state index >= 15 is 0 Å². The Labute approximate surface area is 109 Å². The van der Waals surface area contributed by atoms with Crippen LogP contribution in [0.2, 0.25) is 0 Å². The molecule has 18 heavy (non-hydrogen) atoms. The van der Waals surface area contributed by atoms with Gasteiger partial charge in [0.2, 0.25) is 0 Å². The van der Waals surface area contributed by atoms with E-state index in [2.05, 4.69) is 4.98 Å². The first kappa shape index (κ1) is 13.4. The number of ether oxygens (including phenoxy) is 1. The fraction of sp³-hybridized carbons (Fsp3) is 0.500. The normalized spacial score (nSPS) is 20.3. The minimum atomic E-state index is -3.81. The number of rotatable bonds is 3. The van der Waals surface area contributed by atoms with Crippen molar-refractivity contribution in [3.05, 3.63) is 18.0 Å². The lowest BCUT2D eigenvalue weighted by molar-refractivity contribution is 0.0719. The van der Waals surface area contributed by atoms with Crippen LogP contribution >= 0.6 is 10.7 Å². The molecule has 6 nitrogen and oxygen atoms in total. The summed E-state index contributed by atoms with van der Waals surface area (Å²) in [5.41, 5.74) is 0.214. The molecule has 0 aromatic carbocycles. The van der Waals surface area contributed by atoms with Crippen LogP contribution in [0.4, 0.5) is 0 Å². The first-order valence-electron chi connectivity index (χ1n) is 5.37. The predicted octanol–water partition coefficient (Wildman–Crippen LogP) is 0.803. The van der Waals surface area contributed by atoms with Crippen molar-refractivity contribution in [1.29, 1.82) is 0 Å². The van der Waals surface area contributed by atoms with E-state index in [1.165, 1.54) is 12.3 Å². The minimum absolute atomic E-state index is 0.0418. The van der Waals surface area contributed by atoms with Crippen LogP contribution in [-0.4, -0.2) is 50.5 Å². The van der Waals surface area contributed by atoms with Crippen molar-refractivity contribution in [3.8, 4) is 0 Å². The molecule has 1 amide bonds. The number of methoxy groups -OCH3 is 1. The van der Waals surface area contributed by atoms with Gasteiger partial charge < -0.3 is 14.6 Å². The lowest BCUT2D eigenvalue weighted by Gasteiger charge is -2.14. The molecule has 1 atom stereocenters. The Morgan fingerprint density at radius 2 is 2.33 bits per heavy atom. The molecule has 1 aromatic heterocycles. The topological polar surface area (TPSA) is 79.5 Å². The fourth-order valence-corrected chi connectivity index (χ4v) is 2.64. The second-order valence-electron chi connectivity index (χ2n) is 4.08. The summed E-state index contributed by atoms with van der Waals surface area (Å²) < 4.78 is 27.3. The zero-order chi connectivity index (χ0) is 13.3. The maximum absolute atomic E-state index is 12.0. The fourth-order valence-electron chi connectivity index (χ4n) is 1.91. The van der Waals surface area contributed by atoms with Crippen LogP contribution < -0.4 is 0 Å². The van der Waals surface area contributed by atoms with Crippen LogP contribution in [0.3, 0.4) is 0 Å². The SMILES string of the molecule is COC1CCN(C(=O)c2cc(S(=O)(=O)Cl)c[nH]2)C1. The van der Waals surface area contributed by atoms with Gasteiger partial charge in [-0.15, -0.1) is 0 Å². The molecule has 1 N–H and O–H groups in total. The van der Waals surface area contributed by atoms with E-state index in [4.69, 9.17) is 15.4 Å². The molecular weight excluding hydrogens is 280 g/mol. The van der Waals surface area contributed by atoms with Crippen LogP contribution in [-0.2, 0) is 13.8 Å². The summed E-state index contributed by atoms with van der Waals surface area (Å²) in [5.74, 6) is -0.249. The highest BCUT2D eigenvalue weighted by atomic mass is 35.7. The molecule has 0 radical (unpaired) electrons. The van der Waals surface area contributed by atoms with E-state index < -0.39 is 9.05 Å². The van der Waals surface area contributed by atoms with Crippen molar-refractivity contribution in [2.24, 2.45) is 0 Å². The van der Waals surface area contributed by atoms with E-state index in [1.54, 1.807) is 12.0 Å². The summed E-state index contributed by atoms with van der Waals surface area (Å²) in [6.07, 6.45) is 2.03. The van der Waals surface area contributed by atoms with Crippen LogP contribution in [0.25, 0.3) is 0 Å². The average Bonchev–Trinajstić information content (AvgIpc) is 2.96. The molecule has 8 heteroatoms. The van der Waals surface area contributed by atoms with Gasteiger partial charge in [-0.25, -0.2) is 8.42 Å². The smallest absolute Gasteiger partial charge is 0.270 e. The number of H-pyrrole nitrogens is 1. The summed E-state index contributed by atoms with van der Waals surface area (Å²) in [7, 11) is 2.98. The number of likely N-dealkylation sites (tertiary alicyclic amines) is 1. The van der Waals surface area contributed by atoms with E-state index in [9.17, 15) is 13.2 Å². The van der Waals surface area contributed by atoms with E-state index in [1.807, 2.05) is 0 Å². The van der Waals surface area contributed by atoms with Crippen molar-refractivity contribution in [2.75, 3.05) is 20.2 Å². The maximum Gasteiger partial charge on any atom is 0.270 e. The monoisotopic (exact) mass is 292 g/mol. The highest BCUT2D eigenvalue weighted by molar-refractivity contribution is 8.13. The number of carbonyl (C=O) groups is 1. The molecule has 100 valence electrons. The molecule has 1 aliphatic rings. The zero-order valence-corrected chi connectivity index (χ0v) is 11.3. The summed E-state index contributed by atoms with van der Waals surface area (Å²) in [4.78, 5) is 16.2. The van der Waals surface area contributed by atoms with Crippen molar-refractivity contribution in [1.82, 2.24) is 9.88 Å². The van der Waals surface area contributed by atoms with Gasteiger partial charge in [-0.2, -0.15) is 0 Å². The number of hydrogen-bond donors (Lipinski definition) is 1. The molecule has 0 aliphatic carbocycles. The highest BCUT2D eigenvalue weighted by Gasteiger charge is 2.28. The molecule has 2 heterocycles. The predicted molar refractivity (Wildman–Crippen MR) is 65.1 cm³/mol. The van der Waals surface area contributed by atoms with Gasteiger partial charge in [0.1, 0.15) is 10.6 Å². The second kappa shape index (κ2) is 4.91. The third kappa shape index (κ3) is 2.68. The van der Waals surface area contributed by atoms with Crippen molar-refractivity contribution < 1.29 is 17.9 Å². The molecule has 1 aliphatic heterocycles. The Balaban J connectivity index is 2.13. The highest BCUT2D eigenvalue weighted by Crippen LogP contribution is 2.19. The lowest BCUT2D eigenvalue weighted by Crippen LogP contribution is -2.30. The number of halogens is 1. The van der Waals surface area contributed by atoms with E-state index in [-0.39, 0.29) is 22.6 Å². The van der Waals surface area contributed by atoms with E-state index in [0.29, 0.717) is 13.1 Å². The molecule has 0 saturated carbocycles. The molecule has 1 fully saturated rings. The summed E-state index contributed by atoms with van der Waals surface area (Å²) in [6, 6.07) is 1.24. The Kier molecular flexibility index (Phi) is 3.65. The van der Waals surface area contributed by atoms with Gasteiger partial charge in [-0.05, 0) is 12.5 Å². The molecule has 0 bridgehead atoms. The average molecular weight is 293 g/mol. The van der Waals surface area contributed by atoms with Gasteiger partial charge in [-0.1, -0.05) is 0 Å². The molecule has 1 aromatic rings. The van der Waals surface area contributed by atoms with Crippen LogP contribution in [0, 0.1) is 0 Å². The first-order valence-corrected chi connectivity index (χ1v) is 7.68. The molecule has 0 spiro atoms. The van der Waals surface area contributed by atoms with Crippen LogP contribution in [0.1, 0.15) is 16.9 Å². The zero-order valence-electron chi connectivity index (χ0n) is 9.72. The van der Waals surface area contributed by atoms with E-state index in [0.717, 1.165) is 6.42 Å². The second-order valence-corrected chi connectivity index (χ2v) is 6.65. The number of aromatic amines is 1. The van der Waals surface area contributed by atoms with Crippen LogP contribution in [0.5, 0.6) is 0 Å². The summed E-state index contributed by atoms with van der Waals surface area (Å²) >= 11 is 0. The number of nitrogens with zero attached hydrogens (tertiary/aromatic N) is 1. The molecule has 1 unspecified atom stereocenters. The van der Waals surface area contributed by atoms with Crippen molar-refractivity contribution in [2.45, 2.75) is 17.4 Å². The minimum Gasteiger partial charge on any atom is -0.380 e. The van der Waals surface area contributed by atoms with Crippen molar-refractivity contribution in [3.63, 3.8) is 0 Å². The van der Waals surface area contributed by atoms with Gasteiger partial charge in [0, 0.05) is 37.1 Å². The quantitative estimate of drug-likeness (QED) is 0.836. The largest absolute Gasteiger partial charge is 0.380 e. The third-order valence-corrected chi connectivity index (χ3v) is 4.27. The molecule has 2 rings (SSSR count). The number of amides is 1. The Morgan fingerprint density at radius 3 is 2.83 bits per heavy atom. The van der Waals surface area contributed by atoms with Crippen LogP contribution in [0.15, 0.2) is 17.2 Å². The Bertz CT molecular complexity index is 554. The summed E-state index contributed by atoms with van der Waals surface area (Å²) in [6.45, 7) is 1.11.